The van der Waals surface area contributed by atoms with Crippen LogP contribution in [0.1, 0.15) is 29.2 Å². The minimum Gasteiger partial charge on any atom is -0.491 e. The number of hydrogen-bond donors (Lipinski definition) is 3. The summed E-state index contributed by atoms with van der Waals surface area (Å²) in [6.45, 7) is 2.26. The van der Waals surface area contributed by atoms with Crippen LogP contribution in [0.2, 0.25) is 0 Å². The molecule has 132 valence electrons. The van der Waals surface area contributed by atoms with E-state index in [1.807, 2.05) is 43.3 Å². The first-order valence-corrected chi connectivity index (χ1v) is 8.61. The van der Waals surface area contributed by atoms with Crippen LogP contribution >= 0.6 is 0 Å². The molecular weight excluding hydrogens is 316 g/mol. The van der Waals surface area contributed by atoms with Crippen molar-refractivity contribution in [3.8, 4) is 5.75 Å². The zero-order chi connectivity index (χ0) is 17.6. The molecule has 0 saturated carbocycles. The van der Waals surface area contributed by atoms with Gasteiger partial charge in [0, 0.05) is 6.54 Å². The van der Waals surface area contributed by atoms with Gasteiger partial charge in [-0.2, -0.15) is 0 Å². The molecule has 0 fully saturated rings. The van der Waals surface area contributed by atoms with Gasteiger partial charge in [-0.25, -0.2) is 4.79 Å². The fraction of sp³-hybridized carbons (Fsp3) is 0.350. The average molecular weight is 340 g/mol. The third-order valence-corrected chi connectivity index (χ3v) is 4.37. The topological polar surface area (TPSA) is 70.6 Å². The predicted octanol–water partition coefficient (Wildman–Crippen LogP) is 2.72. The van der Waals surface area contributed by atoms with Crippen LogP contribution in [0.25, 0.3) is 0 Å². The summed E-state index contributed by atoms with van der Waals surface area (Å²) in [5, 5.41) is 15.7. The summed E-state index contributed by atoms with van der Waals surface area (Å²) in [5.74, 6) is 0.714. The number of fused-ring (bicyclic) bond motifs is 1. The van der Waals surface area contributed by atoms with E-state index in [4.69, 9.17) is 4.74 Å². The summed E-state index contributed by atoms with van der Waals surface area (Å²) in [7, 11) is 0. The second kappa shape index (κ2) is 8.03. The molecule has 0 saturated heterocycles. The van der Waals surface area contributed by atoms with Gasteiger partial charge in [0.2, 0.25) is 0 Å². The lowest BCUT2D eigenvalue weighted by atomic mass is 10.1. The second-order valence-electron chi connectivity index (χ2n) is 6.43. The van der Waals surface area contributed by atoms with Crippen LogP contribution in [0.5, 0.6) is 5.75 Å². The van der Waals surface area contributed by atoms with Gasteiger partial charge < -0.3 is 20.5 Å². The maximum Gasteiger partial charge on any atom is 0.315 e. The number of amides is 2. The third-order valence-electron chi connectivity index (χ3n) is 4.37. The highest BCUT2D eigenvalue weighted by atomic mass is 16.5. The molecule has 2 amide bonds. The van der Waals surface area contributed by atoms with Crippen LogP contribution in [0.4, 0.5) is 4.79 Å². The Morgan fingerprint density at radius 3 is 2.96 bits per heavy atom. The van der Waals surface area contributed by atoms with E-state index in [1.54, 1.807) is 0 Å². The second-order valence-corrected chi connectivity index (χ2v) is 6.43. The summed E-state index contributed by atoms with van der Waals surface area (Å²) in [4.78, 5) is 12.1. The largest absolute Gasteiger partial charge is 0.491 e. The van der Waals surface area contributed by atoms with Crippen LogP contribution < -0.4 is 15.4 Å². The molecule has 2 atom stereocenters. The predicted molar refractivity (Wildman–Crippen MR) is 96.7 cm³/mol. The monoisotopic (exact) mass is 340 g/mol. The van der Waals surface area contributed by atoms with E-state index in [9.17, 15) is 9.90 Å². The van der Waals surface area contributed by atoms with Gasteiger partial charge in [0.1, 0.15) is 18.5 Å². The van der Waals surface area contributed by atoms with Crippen LogP contribution in [-0.4, -0.2) is 30.4 Å². The Morgan fingerprint density at radius 1 is 1.28 bits per heavy atom. The van der Waals surface area contributed by atoms with Crippen molar-refractivity contribution in [2.75, 3.05) is 13.2 Å². The van der Waals surface area contributed by atoms with E-state index in [-0.39, 0.29) is 25.2 Å². The molecule has 0 aromatic heterocycles. The number of hydrogen-bond acceptors (Lipinski definition) is 3. The van der Waals surface area contributed by atoms with Crippen molar-refractivity contribution in [2.24, 2.45) is 0 Å². The molecule has 3 rings (SSSR count). The minimum absolute atomic E-state index is 0.0388. The van der Waals surface area contributed by atoms with Crippen molar-refractivity contribution in [2.45, 2.75) is 31.9 Å². The van der Waals surface area contributed by atoms with Crippen LogP contribution in [-0.2, 0) is 6.42 Å². The molecular formula is C20H24N2O3. The number of carbonyl (C=O) groups is 1. The number of carbonyl (C=O) groups excluding carboxylic acids is 1. The van der Waals surface area contributed by atoms with E-state index < -0.39 is 6.10 Å². The average Bonchev–Trinajstić information content (AvgIpc) is 3.01. The fourth-order valence-corrected chi connectivity index (χ4v) is 3.08. The lowest BCUT2D eigenvalue weighted by Crippen LogP contribution is -2.42. The molecule has 3 N–H and O–H groups in total. The number of rotatable bonds is 6. The smallest absolute Gasteiger partial charge is 0.315 e. The van der Waals surface area contributed by atoms with Crippen molar-refractivity contribution >= 4 is 6.03 Å². The van der Waals surface area contributed by atoms with Crippen LogP contribution in [0.15, 0.2) is 48.5 Å². The molecule has 2 aromatic rings. The standard InChI is InChI=1S/C20H24N2O3/c1-14-5-4-7-17(11-14)25-13-16(23)12-21-20(24)22-19-10-9-15-6-2-3-8-18(15)19/h2-8,11,16,19,23H,9-10,12-13H2,1H3,(H2,21,22,24). The number of urea groups is 1. The lowest BCUT2D eigenvalue weighted by molar-refractivity contribution is 0.107. The number of nitrogens with one attached hydrogen (secondary N) is 2. The van der Waals surface area contributed by atoms with E-state index in [2.05, 4.69) is 22.8 Å². The van der Waals surface area contributed by atoms with Crippen molar-refractivity contribution in [3.05, 3.63) is 65.2 Å². The van der Waals surface area contributed by atoms with Crippen molar-refractivity contribution < 1.29 is 14.6 Å². The normalized spacial score (nSPS) is 16.8. The van der Waals surface area contributed by atoms with E-state index in [0.29, 0.717) is 5.75 Å². The molecule has 0 aliphatic heterocycles. The lowest BCUT2D eigenvalue weighted by Gasteiger charge is -2.17. The highest BCUT2D eigenvalue weighted by Crippen LogP contribution is 2.30. The Bertz CT molecular complexity index is 732. The van der Waals surface area contributed by atoms with Gasteiger partial charge >= 0.3 is 6.03 Å². The molecule has 1 aliphatic carbocycles. The SMILES string of the molecule is Cc1cccc(OCC(O)CNC(=O)NC2CCc3ccccc32)c1. The molecule has 0 spiro atoms. The molecule has 2 aromatic carbocycles. The zero-order valence-corrected chi connectivity index (χ0v) is 14.4. The fourth-order valence-electron chi connectivity index (χ4n) is 3.08. The first-order chi connectivity index (χ1) is 12.1. The quantitative estimate of drug-likeness (QED) is 0.757. The van der Waals surface area contributed by atoms with Gasteiger partial charge in [-0.1, -0.05) is 36.4 Å². The number of aryl methyl sites for hydroxylation is 2. The zero-order valence-electron chi connectivity index (χ0n) is 14.4. The Kier molecular flexibility index (Phi) is 5.56. The van der Waals surface area contributed by atoms with Gasteiger partial charge in [-0.3, -0.25) is 0 Å². The number of benzene rings is 2. The molecule has 0 bridgehead atoms. The van der Waals surface area contributed by atoms with Crippen molar-refractivity contribution in [1.29, 1.82) is 0 Å². The maximum atomic E-state index is 12.1. The van der Waals surface area contributed by atoms with Crippen LogP contribution in [0, 0.1) is 6.92 Å². The summed E-state index contributed by atoms with van der Waals surface area (Å²) < 4.78 is 5.54. The van der Waals surface area contributed by atoms with E-state index >= 15 is 0 Å². The van der Waals surface area contributed by atoms with Crippen molar-refractivity contribution in [1.82, 2.24) is 10.6 Å². The van der Waals surface area contributed by atoms with E-state index in [1.165, 1.54) is 11.1 Å². The number of aliphatic hydroxyl groups excluding tert-OH is 1. The molecule has 0 heterocycles. The van der Waals surface area contributed by atoms with Gasteiger partial charge in [0.05, 0.1) is 6.04 Å². The molecule has 1 aliphatic rings. The summed E-state index contributed by atoms with van der Waals surface area (Å²) in [5.41, 5.74) is 3.57. The molecule has 0 radical (unpaired) electrons. The molecule has 5 heteroatoms. The van der Waals surface area contributed by atoms with Gasteiger partial charge in [0.25, 0.3) is 0 Å². The van der Waals surface area contributed by atoms with Crippen molar-refractivity contribution in [3.63, 3.8) is 0 Å². The Balaban J connectivity index is 1.40. The Labute approximate surface area is 148 Å². The molecule has 2 unspecified atom stereocenters. The first kappa shape index (κ1) is 17.3. The summed E-state index contributed by atoms with van der Waals surface area (Å²) >= 11 is 0. The highest BCUT2D eigenvalue weighted by molar-refractivity contribution is 5.74. The molecule has 25 heavy (non-hydrogen) atoms. The van der Waals surface area contributed by atoms with Gasteiger partial charge in [-0.15, -0.1) is 0 Å². The first-order valence-electron chi connectivity index (χ1n) is 8.61. The molecule has 5 nitrogen and oxygen atoms in total. The Hall–Kier alpha value is -2.53. The maximum absolute atomic E-state index is 12.1. The highest BCUT2D eigenvalue weighted by Gasteiger charge is 2.23. The summed E-state index contributed by atoms with van der Waals surface area (Å²) in [6, 6.07) is 15.6. The minimum atomic E-state index is -0.762. The Morgan fingerprint density at radius 2 is 2.12 bits per heavy atom. The van der Waals surface area contributed by atoms with Gasteiger partial charge in [-0.05, 0) is 48.6 Å². The third kappa shape index (κ3) is 4.73. The van der Waals surface area contributed by atoms with E-state index in [0.717, 1.165) is 18.4 Å². The number of aliphatic hydroxyl groups is 1. The van der Waals surface area contributed by atoms with Crippen LogP contribution in [0.3, 0.4) is 0 Å². The van der Waals surface area contributed by atoms with Gasteiger partial charge in [0.15, 0.2) is 0 Å². The summed E-state index contributed by atoms with van der Waals surface area (Å²) in [6.07, 6.45) is 1.13. The number of ether oxygens (including phenoxy) is 1.